The highest BCUT2D eigenvalue weighted by Crippen LogP contribution is 2.40. The van der Waals surface area contributed by atoms with Gasteiger partial charge in [-0.1, -0.05) is 0 Å². The fourth-order valence-corrected chi connectivity index (χ4v) is 4.14. The lowest BCUT2D eigenvalue weighted by molar-refractivity contribution is -0.149. The van der Waals surface area contributed by atoms with Crippen molar-refractivity contribution in [2.24, 2.45) is 0 Å². The minimum atomic E-state index is -1.31. The van der Waals surface area contributed by atoms with Gasteiger partial charge in [-0.3, -0.25) is 19.3 Å². The van der Waals surface area contributed by atoms with Crippen LogP contribution in [-0.2, 0) is 19.1 Å². The van der Waals surface area contributed by atoms with Gasteiger partial charge in [0.2, 0.25) is 0 Å². The van der Waals surface area contributed by atoms with Gasteiger partial charge in [0, 0.05) is 23.8 Å². The molecule has 0 spiro atoms. The van der Waals surface area contributed by atoms with Crippen LogP contribution in [0.5, 0.6) is 0 Å². The number of carbonyl (C=O) groups is 4. The van der Waals surface area contributed by atoms with Gasteiger partial charge in [-0.25, -0.2) is 9.18 Å². The number of fused-ring (bicyclic) bond motifs is 1. The number of halogens is 1. The maximum absolute atomic E-state index is 13.0. The zero-order valence-corrected chi connectivity index (χ0v) is 14.9. The molecule has 1 aromatic rings. The molecule has 2 aliphatic rings. The minimum Gasteiger partial charge on any atom is -0.477 e. The number of nitrogens with one attached hydrogen (secondary N) is 1. The van der Waals surface area contributed by atoms with Gasteiger partial charge in [-0.15, -0.1) is 11.8 Å². The van der Waals surface area contributed by atoms with Crippen molar-refractivity contribution >= 4 is 35.5 Å². The summed E-state index contributed by atoms with van der Waals surface area (Å²) in [4.78, 5) is 48.3. The molecule has 0 aliphatic carbocycles. The molecule has 142 valence electrons. The molecule has 2 aliphatic heterocycles. The van der Waals surface area contributed by atoms with E-state index in [0.29, 0.717) is 5.57 Å². The first-order chi connectivity index (χ1) is 12.8. The maximum atomic E-state index is 13.0. The van der Waals surface area contributed by atoms with Crippen LogP contribution in [-0.4, -0.2) is 57.5 Å². The Bertz CT molecular complexity index is 853. The maximum Gasteiger partial charge on any atom is 0.352 e. The van der Waals surface area contributed by atoms with Crippen LogP contribution in [0, 0.1) is 5.82 Å². The second-order valence-electron chi connectivity index (χ2n) is 5.91. The van der Waals surface area contributed by atoms with E-state index in [4.69, 9.17) is 4.74 Å². The number of aliphatic carboxylic acids is 1. The number of rotatable bonds is 5. The number of hydrogen-bond acceptors (Lipinski definition) is 6. The third kappa shape index (κ3) is 3.65. The predicted molar refractivity (Wildman–Crippen MR) is 92.0 cm³/mol. The lowest BCUT2D eigenvalue weighted by Gasteiger charge is -2.49. The topological polar surface area (TPSA) is 113 Å². The Morgan fingerprint density at radius 3 is 2.59 bits per heavy atom. The summed E-state index contributed by atoms with van der Waals surface area (Å²) < 4.78 is 17.8. The van der Waals surface area contributed by atoms with Gasteiger partial charge < -0.3 is 15.2 Å². The monoisotopic (exact) mass is 394 g/mol. The molecule has 2 atom stereocenters. The van der Waals surface area contributed by atoms with E-state index in [1.54, 1.807) is 0 Å². The van der Waals surface area contributed by atoms with Crippen molar-refractivity contribution < 1.29 is 33.4 Å². The van der Waals surface area contributed by atoms with E-state index in [1.165, 1.54) is 30.8 Å². The number of esters is 1. The summed E-state index contributed by atoms with van der Waals surface area (Å²) in [7, 11) is 0. The smallest absolute Gasteiger partial charge is 0.352 e. The SMILES string of the molecule is CC(=O)OCC1=C(C(=O)O)N2C(=O)[C@@H](NC(=O)c3ccc(F)cc3)[C@@H]2SC1. The van der Waals surface area contributed by atoms with Crippen molar-refractivity contribution in [3.05, 3.63) is 46.9 Å². The third-order valence-electron chi connectivity index (χ3n) is 4.09. The highest BCUT2D eigenvalue weighted by atomic mass is 32.2. The summed E-state index contributed by atoms with van der Waals surface area (Å²) in [6, 6.07) is 3.95. The van der Waals surface area contributed by atoms with Crippen LogP contribution >= 0.6 is 11.8 Å². The van der Waals surface area contributed by atoms with Crippen molar-refractivity contribution in [1.82, 2.24) is 10.2 Å². The van der Waals surface area contributed by atoms with E-state index in [1.807, 2.05) is 0 Å². The summed E-state index contributed by atoms with van der Waals surface area (Å²) in [5.41, 5.74) is 0.279. The van der Waals surface area contributed by atoms with Crippen molar-refractivity contribution in [2.45, 2.75) is 18.3 Å². The van der Waals surface area contributed by atoms with Crippen LogP contribution in [0.15, 0.2) is 35.5 Å². The number of carbonyl (C=O) groups excluding carboxylic acids is 3. The minimum absolute atomic E-state index is 0.188. The first-order valence-electron chi connectivity index (χ1n) is 7.89. The number of carboxylic acids is 1. The standard InChI is InChI=1S/C17H15FN2O6S/c1-8(21)26-6-10-7-27-16-12(15(23)20(16)13(10)17(24)25)19-14(22)9-2-4-11(18)5-3-9/h2-5,12,16H,6-7H2,1H3,(H,19,22)(H,24,25)/t12-,16+/m1/s1. The molecule has 0 unspecified atom stereocenters. The number of nitrogens with zero attached hydrogens (tertiary/aromatic N) is 1. The summed E-state index contributed by atoms with van der Waals surface area (Å²) in [5.74, 6) is -3.23. The molecule has 8 nitrogen and oxygen atoms in total. The molecule has 2 heterocycles. The lowest BCUT2D eigenvalue weighted by atomic mass is 10.0. The lowest BCUT2D eigenvalue weighted by Crippen LogP contribution is -2.70. The number of β-lactam (4-membered cyclic amide) rings is 1. The zero-order valence-electron chi connectivity index (χ0n) is 14.1. The molecular formula is C17H15FN2O6S. The second-order valence-corrected chi connectivity index (χ2v) is 7.01. The molecule has 10 heteroatoms. The van der Waals surface area contributed by atoms with Crippen LogP contribution in [0.2, 0.25) is 0 Å². The Labute approximate surface area is 157 Å². The molecule has 2 N–H and O–H groups in total. The molecule has 3 rings (SSSR count). The van der Waals surface area contributed by atoms with Crippen LogP contribution in [0.1, 0.15) is 17.3 Å². The van der Waals surface area contributed by atoms with E-state index in [0.717, 1.165) is 17.0 Å². The first-order valence-corrected chi connectivity index (χ1v) is 8.94. The number of ether oxygens (including phenoxy) is 1. The van der Waals surface area contributed by atoms with Crippen molar-refractivity contribution in [2.75, 3.05) is 12.4 Å². The van der Waals surface area contributed by atoms with E-state index in [9.17, 15) is 28.7 Å². The van der Waals surface area contributed by atoms with Gasteiger partial charge in [0.1, 0.15) is 29.5 Å². The number of thioether (sulfide) groups is 1. The van der Waals surface area contributed by atoms with Crippen molar-refractivity contribution in [3.63, 3.8) is 0 Å². The third-order valence-corrected chi connectivity index (χ3v) is 5.43. The summed E-state index contributed by atoms with van der Waals surface area (Å²) in [6.45, 7) is 0.989. The van der Waals surface area contributed by atoms with Gasteiger partial charge in [0.15, 0.2) is 0 Å². The van der Waals surface area contributed by atoms with Crippen LogP contribution in [0.4, 0.5) is 4.39 Å². The van der Waals surface area contributed by atoms with Gasteiger partial charge in [0.05, 0.1) is 0 Å². The molecule has 0 bridgehead atoms. The van der Waals surface area contributed by atoms with Crippen molar-refractivity contribution in [1.29, 1.82) is 0 Å². The Morgan fingerprint density at radius 2 is 2.00 bits per heavy atom. The number of carboxylic acid groups (broad SMARTS) is 1. The molecule has 1 saturated heterocycles. The number of hydrogen-bond donors (Lipinski definition) is 2. The summed E-state index contributed by atoms with van der Waals surface area (Å²) in [6.07, 6.45) is 0. The summed E-state index contributed by atoms with van der Waals surface area (Å²) in [5, 5.41) is 11.4. The fraction of sp³-hybridized carbons (Fsp3) is 0.294. The Kier molecular flexibility index (Phi) is 5.17. The number of amides is 2. The molecule has 0 aromatic heterocycles. The average Bonchev–Trinajstić information content (AvgIpc) is 2.63. The molecule has 27 heavy (non-hydrogen) atoms. The quantitative estimate of drug-likeness (QED) is 0.559. The van der Waals surface area contributed by atoms with Crippen LogP contribution < -0.4 is 5.32 Å². The highest BCUT2D eigenvalue weighted by molar-refractivity contribution is 8.00. The molecule has 0 saturated carbocycles. The fourth-order valence-electron chi connectivity index (χ4n) is 2.81. The highest BCUT2D eigenvalue weighted by Gasteiger charge is 2.54. The molecule has 1 aromatic carbocycles. The number of benzene rings is 1. The Morgan fingerprint density at radius 1 is 1.33 bits per heavy atom. The molecule has 0 radical (unpaired) electrons. The Balaban J connectivity index is 1.75. The van der Waals surface area contributed by atoms with E-state index in [2.05, 4.69) is 5.32 Å². The van der Waals surface area contributed by atoms with Gasteiger partial charge in [-0.2, -0.15) is 0 Å². The van der Waals surface area contributed by atoms with E-state index >= 15 is 0 Å². The van der Waals surface area contributed by atoms with Crippen molar-refractivity contribution in [3.8, 4) is 0 Å². The van der Waals surface area contributed by atoms with E-state index < -0.39 is 41.0 Å². The van der Waals surface area contributed by atoms with Gasteiger partial charge in [0.25, 0.3) is 11.8 Å². The predicted octanol–water partition coefficient (Wildman–Crippen LogP) is 0.741. The van der Waals surface area contributed by atoms with Gasteiger partial charge >= 0.3 is 11.9 Å². The van der Waals surface area contributed by atoms with Gasteiger partial charge in [-0.05, 0) is 24.3 Å². The zero-order chi connectivity index (χ0) is 19.7. The average molecular weight is 394 g/mol. The normalized spacial score (nSPS) is 21.3. The van der Waals surface area contributed by atoms with Crippen LogP contribution in [0.25, 0.3) is 0 Å². The first kappa shape index (κ1) is 18.9. The molecule has 2 amide bonds. The second kappa shape index (κ2) is 7.39. The Hall–Kier alpha value is -2.88. The molecule has 1 fully saturated rings. The molecular weight excluding hydrogens is 379 g/mol. The largest absolute Gasteiger partial charge is 0.477 e. The summed E-state index contributed by atoms with van der Waals surface area (Å²) >= 11 is 1.26. The van der Waals surface area contributed by atoms with E-state index in [-0.39, 0.29) is 23.6 Å². The van der Waals surface area contributed by atoms with Crippen LogP contribution in [0.3, 0.4) is 0 Å².